The molecular formula is C20H22N2O2. The Morgan fingerprint density at radius 2 is 1.92 bits per heavy atom. The molecule has 0 saturated carbocycles. The number of aryl methyl sites for hydroxylation is 1. The average Bonchev–Trinajstić information content (AvgIpc) is 3.00. The van der Waals surface area contributed by atoms with Crippen LogP contribution in [0.15, 0.2) is 48.5 Å². The molecule has 0 aromatic heterocycles. The number of amides is 2. The van der Waals surface area contributed by atoms with E-state index >= 15 is 0 Å². The minimum Gasteiger partial charge on any atom is -0.338 e. The van der Waals surface area contributed by atoms with E-state index in [4.69, 9.17) is 0 Å². The SMILES string of the molecule is CCc1ccc(NC(=O)c2cccc(CN3CCCC3=O)c2)cc1. The minimum absolute atomic E-state index is 0.131. The molecule has 2 amide bonds. The van der Waals surface area contributed by atoms with Crippen LogP contribution in [0.4, 0.5) is 5.69 Å². The Bertz CT molecular complexity index is 738. The Labute approximate surface area is 142 Å². The molecule has 3 rings (SSSR count). The second kappa shape index (κ2) is 7.30. The third-order valence-corrected chi connectivity index (χ3v) is 4.35. The van der Waals surface area contributed by atoms with Crippen LogP contribution >= 0.6 is 0 Å². The smallest absolute Gasteiger partial charge is 0.255 e. The zero-order chi connectivity index (χ0) is 16.9. The van der Waals surface area contributed by atoms with Crippen molar-refractivity contribution in [2.75, 3.05) is 11.9 Å². The summed E-state index contributed by atoms with van der Waals surface area (Å²) in [4.78, 5) is 26.0. The first-order valence-corrected chi connectivity index (χ1v) is 8.42. The molecular weight excluding hydrogens is 300 g/mol. The second-order valence-corrected chi connectivity index (χ2v) is 6.12. The van der Waals surface area contributed by atoms with Gasteiger partial charge in [0.25, 0.3) is 5.91 Å². The molecule has 0 aliphatic carbocycles. The van der Waals surface area contributed by atoms with Gasteiger partial charge in [0, 0.05) is 30.8 Å². The van der Waals surface area contributed by atoms with E-state index in [9.17, 15) is 9.59 Å². The quantitative estimate of drug-likeness (QED) is 0.914. The Morgan fingerprint density at radius 1 is 1.12 bits per heavy atom. The zero-order valence-corrected chi connectivity index (χ0v) is 13.9. The summed E-state index contributed by atoms with van der Waals surface area (Å²) in [6.07, 6.45) is 2.53. The van der Waals surface area contributed by atoms with Crippen LogP contribution in [0, 0.1) is 0 Å². The Morgan fingerprint density at radius 3 is 2.58 bits per heavy atom. The molecule has 1 aliphatic heterocycles. The number of hydrogen-bond donors (Lipinski definition) is 1. The van der Waals surface area contributed by atoms with E-state index < -0.39 is 0 Å². The van der Waals surface area contributed by atoms with Crippen molar-refractivity contribution in [3.63, 3.8) is 0 Å². The Balaban J connectivity index is 1.68. The lowest BCUT2D eigenvalue weighted by molar-refractivity contribution is -0.128. The number of nitrogens with zero attached hydrogens (tertiary/aromatic N) is 1. The molecule has 4 nitrogen and oxygen atoms in total. The van der Waals surface area contributed by atoms with Crippen LogP contribution in [-0.4, -0.2) is 23.3 Å². The summed E-state index contributed by atoms with van der Waals surface area (Å²) < 4.78 is 0. The largest absolute Gasteiger partial charge is 0.338 e. The first kappa shape index (κ1) is 16.2. The predicted octanol–water partition coefficient (Wildman–Crippen LogP) is 3.62. The fourth-order valence-corrected chi connectivity index (χ4v) is 2.93. The molecule has 24 heavy (non-hydrogen) atoms. The van der Waals surface area contributed by atoms with Gasteiger partial charge in [0.1, 0.15) is 0 Å². The number of anilines is 1. The summed E-state index contributed by atoms with van der Waals surface area (Å²) in [6.45, 7) is 3.48. The first-order chi connectivity index (χ1) is 11.7. The lowest BCUT2D eigenvalue weighted by atomic mass is 10.1. The highest BCUT2D eigenvalue weighted by Crippen LogP contribution is 2.16. The molecule has 0 bridgehead atoms. The van der Waals surface area contributed by atoms with Gasteiger partial charge in [0.2, 0.25) is 5.91 Å². The zero-order valence-electron chi connectivity index (χ0n) is 13.9. The van der Waals surface area contributed by atoms with Crippen molar-refractivity contribution in [3.8, 4) is 0 Å². The van der Waals surface area contributed by atoms with Gasteiger partial charge in [-0.25, -0.2) is 0 Å². The van der Waals surface area contributed by atoms with Gasteiger partial charge in [-0.15, -0.1) is 0 Å². The molecule has 2 aromatic carbocycles. The first-order valence-electron chi connectivity index (χ1n) is 8.42. The van der Waals surface area contributed by atoms with Crippen LogP contribution in [0.25, 0.3) is 0 Å². The molecule has 2 aromatic rings. The van der Waals surface area contributed by atoms with Crippen molar-refractivity contribution in [1.82, 2.24) is 4.90 Å². The van der Waals surface area contributed by atoms with Gasteiger partial charge in [-0.2, -0.15) is 0 Å². The summed E-state index contributed by atoms with van der Waals surface area (Å²) in [6, 6.07) is 15.4. The van der Waals surface area contributed by atoms with Crippen molar-refractivity contribution in [1.29, 1.82) is 0 Å². The molecule has 0 spiro atoms. The van der Waals surface area contributed by atoms with E-state index in [0.717, 1.165) is 30.6 Å². The average molecular weight is 322 g/mol. The molecule has 124 valence electrons. The van der Waals surface area contributed by atoms with Crippen molar-refractivity contribution in [3.05, 3.63) is 65.2 Å². The van der Waals surface area contributed by atoms with E-state index in [1.807, 2.05) is 47.4 Å². The van der Waals surface area contributed by atoms with E-state index in [2.05, 4.69) is 12.2 Å². The van der Waals surface area contributed by atoms with Crippen LogP contribution in [0.5, 0.6) is 0 Å². The number of carbonyl (C=O) groups is 2. The summed E-state index contributed by atoms with van der Waals surface area (Å²) in [5.74, 6) is 0.0646. The number of carbonyl (C=O) groups excluding carboxylic acids is 2. The number of nitrogens with one attached hydrogen (secondary N) is 1. The van der Waals surface area contributed by atoms with Crippen molar-refractivity contribution in [2.45, 2.75) is 32.7 Å². The molecule has 0 unspecified atom stereocenters. The van der Waals surface area contributed by atoms with Gasteiger partial charge in [0.15, 0.2) is 0 Å². The maximum absolute atomic E-state index is 12.4. The van der Waals surface area contributed by atoms with Gasteiger partial charge in [0.05, 0.1) is 0 Å². The summed E-state index contributed by atoms with van der Waals surface area (Å²) in [5.41, 5.74) is 3.63. The second-order valence-electron chi connectivity index (χ2n) is 6.12. The predicted molar refractivity (Wildman–Crippen MR) is 94.9 cm³/mol. The molecule has 1 N–H and O–H groups in total. The van der Waals surface area contributed by atoms with Gasteiger partial charge < -0.3 is 10.2 Å². The normalized spacial score (nSPS) is 14.0. The number of benzene rings is 2. The number of likely N-dealkylation sites (tertiary alicyclic amines) is 1. The fourth-order valence-electron chi connectivity index (χ4n) is 2.93. The molecule has 4 heteroatoms. The van der Waals surface area contributed by atoms with Gasteiger partial charge in [-0.1, -0.05) is 31.2 Å². The summed E-state index contributed by atoms with van der Waals surface area (Å²) in [5, 5.41) is 2.92. The lowest BCUT2D eigenvalue weighted by Gasteiger charge is -2.16. The van der Waals surface area contributed by atoms with Crippen molar-refractivity contribution in [2.24, 2.45) is 0 Å². The topological polar surface area (TPSA) is 49.4 Å². The maximum atomic E-state index is 12.4. The highest BCUT2D eigenvalue weighted by Gasteiger charge is 2.20. The molecule has 1 saturated heterocycles. The Kier molecular flexibility index (Phi) is 4.94. The molecule has 1 aliphatic rings. The molecule has 1 heterocycles. The summed E-state index contributed by atoms with van der Waals surface area (Å²) >= 11 is 0. The van der Waals surface area contributed by atoms with E-state index in [1.165, 1.54) is 5.56 Å². The van der Waals surface area contributed by atoms with Gasteiger partial charge in [-0.05, 0) is 48.2 Å². The van der Waals surface area contributed by atoms with E-state index in [-0.39, 0.29) is 11.8 Å². The van der Waals surface area contributed by atoms with Crippen molar-refractivity contribution >= 4 is 17.5 Å². The number of rotatable bonds is 5. The van der Waals surface area contributed by atoms with Crippen LogP contribution in [0.1, 0.15) is 41.3 Å². The van der Waals surface area contributed by atoms with E-state index in [1.54, 1.807) is 6.07 Å². The molecule has 0 atom stereocenters. The third-order valence-electron chi connectivity index (χ3n) is 4.35. The van der Waals surface area contributed by atoms with Crippen LogP contribution in [-0.2, 0) is 17.8 Å². The van der Waals surface area contributed by atoms with Gasteiger partial charge >= 0.3 is 0 Å². The monoisotopic (exact) mass is 322 g/mol. The van der Waals surface area contributed by atoms with E-state index in [0.29, 0.717) is 18.5 Å². The fraction of sp³-hybridized carbons (Fsp3) is 0.300. The standard InChI is InChI=1S/C20H22N2O2/c1-2-15-8-10-18(11-9-15)21-20(24)17-6-3-5-16(13-17)14-22-12-4-7-19(22)23/h3,5-6,8-11,13H,2,4,7,12,14H2,1H3,(H,21,24). The lowest BCUT2D eigenvalue weighted by Crippen LogP contribution is -2.24. The highest BCUT2D eigenvalue weighted by atomic mass is 16.2. The molecule has 1 fully saturated rings. The van der Waals surface area contributed by atoms with Crippen LogP contribution in [0.3, 0.4) is 0 Å². The van der Waals surface area contributed by atoms with Crippen LogP contribution in [0.2, 0.25) is 0 Å². The minimum atomic E-state index is -0.131. The van der Waals surface area contributed by atoms with Crippen LogP contribution < -0.4 is 5.32 Å². The Hall–Kier alpha value is -2.62. The highest BCUT2D eigenvalue weighted by molar-refractivity contribution is 6.04. The third kappa shape index (κ3) is 3.82. The molecule has 0 radical (unpaired) electrons. The van der Waals surface area contributed by atoms with Gasteiger partial charge in [-0.3, -0.25) is 9.59 Å². The number of hydrogen-bond acceptors (Lipinski definition) is 2. The maximum Gasteiger partial charge on any atom is 0.255 e. The summed E-state index contributed by atoms with van der Waals surface area (Å²) in [7, 11) is 0. The van der Waals surface area contributed by atoms with Crippen molar-refractivity contribution < 1.29 is 9.59 Å².